The molecule has 2 aromatic rings. The van der Waals surface area contributed by atoms with E-state index < -0.39 is 79.8 Å². The Balaban J connectivity index is 1.25. The summed E-state index contributed by atoms with van der Waals surface area (Å²) < 4.78 is 62.5. The SMILES string of the molecule is COc1ccc2nc(C)c3c(c2c1)[C@H](F)C[C@]1(C[C@H]2C(=O)N[C@]4(C(=O)NS(=O)(=O)C5(C)CC5)C[C@H]4/C=C\CCCCC[C@H](CC(=O)OC(C)C(C)(C)C)C(=O)N2C1)O3. The van der Waals surface area contributed by atoms with Crippen molar-refractivity contribution in [3.05, 3.63) is 41.6 Å². The second-order valence-electron chi connectivity index (χ2n) is 18.6. The molecule has 2 saturated carbocycles. The molecule has 7 atom stereocenters. The van der Waals surface area contributed by atoms with Gasteiger partial charge in [0.05, 0.1) is 36.0 Å². The number of amides is 3. The second-order valence-corrected chi connectivity index (χ2v) is 20.8. The molecule has 316 valence electrons. The van der Waals surface area contributed by atoms with Crippen molar-refractivity contribution in [2.75, 3.05) is 13.7 Å². The number of pyridine rings is 1. The molecule has 1 aromatic heterocycles. The maximum Gasteiger partial charge on any atom is 0.306 e. The van der Waals surface area contributed by atoms with Crippen molar-refractivity contribution in [1.82, 2.24) is 19.9 Å². The largest absolute Gasteiger partial charge is 0.497 e. The lowest BCUT2D eigenvalue weighted by Gasteiger charge is -2.38. The Morgan fingerprint density at radius 2 is 1.88 bits per heavy atom. The number of fused-ring (bicyclic) bond motifs is 5. The molecule has 1 aromatic carbocycles. The predicted octanol–water partition coefficient (Wildman–Crippen LogP) is 6.06. The quantitative estimate of drug-likeness (QED) is 0.247. The standard InChI is InChI=1S/C43H57FN4O9S/c1-25-36-35(30-20-29(55-7)15-16-32(30)45-25)31(44)22-42(57-36)23-33-37(50)46-43(39(52)47-58(53,54)41(6)17-18-41)21-28(43)14-12-10-8-9-11-13-27(38(51)48(33)24-42)19-34(49)56-26(2)40(3,4)5/h12,14-16,20,26-28,31,33H,8-11,13,17-19,21-24H2,1-7H3,(H,46,50)(H,47,52)/b14-12-/t26?,27-,28-,31-,33+,42-,43-/m1/s1. The van der Waals surface area contributed by atoms with E-state index >= 15 is 4.39 Å². The van der Waals surface area contributed by atoms with Gasteiger partial charge in [-0.2, -0.15) is 0 Å². The number of nitrogens with one attached hydrogen (secondary N) is 2. The van der Waals surface area contributed by atoms with Crippen LogP contribution in [0.1, 0.15) is 123 Å². The van der Waals surface area contributed by atoms with Crippen LogP contribution in [0.2, 0.25) is 0 Å². The van der Waals surface area contributed by atoms with E-state index in [1.165, 1.54) is 12.0 Å². The monoisotopic (exact) mass is 824 g/mol. The van der Waals surface area contributed by atoms with Gasteiger partial charge in [-0.15, -0.1) is 0 Å². The van der Waals surface area contributed by atoms with Crippen molar-refractivity contribution in [3.63, 3.8) is 0 Å². The van der Waals surface area contributed by atoms with Gasteiger partial charge in [0.15, 0.2) is 0 Å². The van der Waals surface area contributed by atoms with Crippen LogP contribution in [0, 0.1) is 24.2 Å². The molecular weight excluding hydrogens is 768 g/mol. The molecule has 3 fully saturated rings. The molecule has 58 heavy (non-hydrogen) atoms. The highest BCUT2D eigenvalue weighted by atomic mass is 32.2. The molecular formula is C43H57FN4O9S. The Kier molecular flexibility index (Phi) is 10.9. The van der Waals surface area contributed by atoms with Gasteiger partial charge in [-0.3, -0.25) is 23.9 Å². The van der Waals surface area contributed by atoms with Crippen LogP contribution in [0.25, 0.3) is 10.9 Å². The number of hydrogen-bond acceptors (Lipinski definition) is 10. The molecule has 5 aliphatic rings. The molecule has 0 radical (unpaired) electrons. The number of carbonyl (C=O) groups is 4. The van der Waals surface area contributed by atoms with Gasteiger partial charge in [-0.1, -0.05) is 45.8 Å². The molecule has 0 bridgehead atoms. The van der Waals surface area contributed by atoms with Crippen LogP contribution >= 0.6 is 0 Å². The van der Waals surface area contributed by atoms with Crippen LogP contribution in [-0.4, -0.2) is 83.7 Å². The lowest BCUT2D eigenvalue weighted by atomic mass is 9.86. The first-order valence-electron chi connectivity index (χ1n) is 20.6. The fourth-order valence-electron chi connectivity index (χ4n) is 8.59. The summed E-state index contributed by atoms with van der Waals surface area (Å²) in [5.41, 5.74) is -1.96. The average Bonchev–Trinajstić information content (AvgIpc) is 4.04. The molecule has 15 heteroatoms. The first-order valence-corrected chi connectivity index (χ1v) is 22.1. The van der Waals surface area contributed by atoms with Gasteiger partial charge in [0, 0.05) is 35.6 Å². The van der Waals surface area contributed by atoms with E-state index in [-0.39, 0.29) is 43.4 Å². The molecule has 1 spiro atoms. The fraction of sp³-hybridized carbons (Fsp3) is 0.651. The van der Waals surface area contributed by atoms with Crippen molar-refractivity contribution in [1.29, 1.82) is 0 Å². The summed E-state index contributed by atoms with van der Waals surface area (Å²) in [6, 6.07) is 3.98. The van der Waals surface area contributed by atoms with Gasteiger partial charge in [-0.05, 0) is 82.9 Å². The maximum absolute atomic E-state index is 16.8. The maximum atomic E-state index is 16.8. The molecule has 7 rings (SSSR count). The smallest absolute Gasteiger partial charge is 0.306 e. The third-order valence-corrected chi connectivity index (χ3v) is 15.4. The number of rotatable bonds is 7. The minimum Gasteiger partial charge on any atom is -0.497 e. The first kappa shape index (κ1) is 41.9. The third-order valence-electron chi connectivity index (χ3n) is 13.2. The highest BCUT2D eigenvalue weighted by molar-refractivity contribution is 7.91. The zero-order valence-electron chi connectivity index (χ0n) is 34.6. The number of ether oxygens (including phenoxy) is 3. The Morgan fingerprint density at radius 1 is 1.14 bits per heavy atom. The van der Waals surface area contributed by atoms with E-state index in [2.05, 4.69) is 10.0 Å². The number of benzene rings is 1. The van der Waals surface area contributed by atoms with Gasteiger partial charge in [0.2, 0.25) is 21.8 Å². The number of methoxy groups -OCH3 is 1. The minimum absolute atomic E-state index is 0.118. The summed E-state index contributed by atoms with van der Waals surface area (Å²) >= 11 is 0. The van der Waals surface area contributed by atoms with Gasteiger partial charge < -0.3 is 24.4 Å². The molecule has 1 unspecified atom stereocenters. The predicted molar refractivity (Wildman–Crippen MR) is 214 cm³/mol. The zero-order chi connectivity index (χ0) is 42.0. The van der Waals surface area contributed by atoms with Crippen LogP contribution in [0.3, 0.4) is 0 Å². The second kappa shape index (κ2) is 15.1. The average molecular weight is 825 g/mol. The number of carbonyl (C=O) groups excluding carboxylic acids is 4. The summed E-state index contributed by atoms with van der Waals surface area (Å²) in [4.78, 5) is 63.1. The fourth-order valence-corrected chi connectivity index (χ4v) is 9.90. The number of sulfonamides is 1. The van der Waals surface area contributed by atoms with Crippen LogP contribution in [0.5, 0.6) is 11.5 Å². The Hall–Kier alpha value is -4.27. The summed E-state index contributed by atoms with van der Waals surface area (Å²) in [6.07, 6.45) is 5.49. The molecule has 3 amide bonds. The minimum atomic E-state index is -4.03. The highest BCUT2D eigenvalue weighted by Crippen LogP contribution is 2.52. The van der Waals surface area contributed by atoms with Gasteiger partial charge in [-0.25, -0.2) is 17.8 Å². The number of aromatic nitrogens is 1. The molecule has 2 aliphatic carbocycles. The van der Waals surface area contributed by atoms with Crippen molar-refractivity contribution in [3.8, 4) is 11.5 Å². The van der Waals surface area contributed by atoms with Crippen LogP contribution < -0.4 is 19.5 Å². The van der Waals surface area contributed by atoms with Gasteiger partial charge in [0.25, 0.3) is 5.91 Å². The Morgan fingerprint density at radius 3 is 2.57 bits per heavy atom. The summed E-state index contributed by atoms with van der Waals surface area (Å²) in [5.74, 6) is -3.10. The lowest BCUT2D eigenvalue weighted by Crippen LogP contribution is -2.57. The third kappa shape index (κ3) is 7.91. The number of nitrogens with zero attached hydrogens (tertiary/aromatic N) is 2. The van der Waals surface area contributed by atoms with E-state index in [1.807, 2.05) is 39.8 Å². The number of aryl methyl sites for hydroxylation is 1. The van der Waals surface area contributed by atoms with E-state index in [4.69, 9.17) is 19.2 Å². The van der Waals surface area contributed by atoms with Gasteiger partial charge in [0.1, 0.15) is 41.0 Å². The van der Waals surface area contributed by atoms with E-state index in [1.54, 1.807) is 32.0 Å². The molecule has 13 nitrogen and oxygen atoms in total. The normalized spacial score (nSPS) is 30.7. The van der Waals surface area contributed by atoms with Crippen LogP contribution in [0.4, 0.5) is 4.39 Å². The molecule has 2 N–H and O–H groups in total. The van der Waals surface area contributed by atoms with E-state index in [0.717, 1.165) is 12.8 Å². The Labute approximate surface area is 340 Å². The Bertz CT molecular complexity index is 2150. The molecule has 1 saturated heterocycles. The van der Waals surface area contributed by atoms with Crippen molar-refractivity contribution < 1.29 is 46.2 Å². The van der Waals surface area contributed by atoms with Crippen molar-refractivity contribution >= 4 is 44.6 Å². The van der Waals surface area contributed by atoms with Crippen LogP contribution in [-0.2, 0) is 33.9 Å². The van der Waals surface area contributed by atoms with Crippen LogP contribution in [0.15, 0.2) is 30.4 Å². The van der Waals surface area contributed by atoms with Gasteiger partial charge >= 0.3 is 5.97 Å². The highest BCUT2D eigenvalue weighted by Gasteiger charge is 2.64. The number of halogens is 1. The number of allylic oxidation sites excluding steroid dienone is 1. The van der Waals surface area contributed by atoms with Crippen molar-refractivity contribution in [2.45, 2.75) is 146 Å². The molecule has 3 aliphatic heterocycles. The lowest BCUT2D eigenvalue weighted by molar-refractivity contribution is -0.157. The molecule has 4 heterocycles. The summed E-state index contributed by atoms with van der Waals surface area (Å²) in [7, 11) is -2.51. The summed E-state index contributed by atoms with van der Waals surface area (Å²) in [5, 5.41) is 3.42. The number of hydrogen-bond donors (Lipinski definition) is 2. The van der Waals surface area contributed by atoms with Crippen molar-refractivity contribution in [2.24, 2.45) is 17.3 Å². The number of esters is 1. The van der Waals surface area contributed by atoms with E-state index in [0.29, 0.717) is 60.0 Å². The zero-order valence-corrected chi connectivity index (χ0v) is 35.4. The topological polar surface area (TPSA) is 170 Å². The summed E-state index contributed by atoms with van der Waals surface area (Å²) in [6.45, 7) is 10.8. The first-order chi connectivity index (χ1) is 27.2. The van der Waals surface area contributed by atoms with E-state index in [9.17, 15) is 27.6 Å². The number of alkyl halides is 1.